The van der Waals surface area contributed by atoms with Crippen LogP contribution < -0.4 is 24.8 Å². The molecule has 0 aliphatic heterocycles. The normalized spacial score (nSPS) is 10.7. The minimum Gasteiger partial charge on any atom is -1.00 e. The SMILES string of the molecule is CC(C)(C)c1cc2c(-c3ccccc3)cccc2[cH-]1.CC(C)(C)c1cc2c(-c3ccccc3)cccc2[cH-]1.[CH2-]C[CH2-].[Cl-].[Cl-].[Ti+2]. The molecule has 0 radical (unpaired) electrons. The van der Waals surface area contributed by atoms with E-state index in [1.165, 1.54) is 54.9 Å². The Kier molecular flexibility index (Phi) is 15.4. The van der Waals surface area contributed by atoms with Crippen LogP contribution in [0.4, 0.5) is 0 Å². The van der Waals surface area contributed by atoms with Crippen LogP contribution in [0.15, 0.2) is 121 Å². The molecule has 0 bridgehead atoms. The van der Waals surface area contributed by atoms with Crippen molar-refractivity contribution in [3.8, 4) is 22.3 Å². The summed E-state index contributed by atoms with van der Waals surface area (Å²) in [4.78, 5) is 0. The van der Waals surface area contributed by atoms with Crippen LogP contribution in [0.1, 0.15) is 59.1 Å². The topological polar surface area (TPSA) is 0 Å². The summed E-state index contributed by atoms with van der Waals surface area (Å²) in [7, 11) is 0. The van der Waals surface area contributed by atoms with Crippen molar-refractivity contribution in [1.29, 1.82) is 0 Å². The molecule has 0 aliphatic rings. The summed E-state index contributed by atoms with van der Waals surface area (Å²) in [5.41, 5.74) is 8.46. The molecule has 0 saturated heterocycles. The van der Waals surface area contributed by atoms with Gasteiger partial charge in [0.15, 0.2) is 0 Å². The zero-order valence-corrected chi connectivity index (χ0v) is 30.0. The maximum Gasteiger partial charge on any atom is 2.00 e. The van der Waals surface area contributed by atoms with Crippen molar-refractivity contribution >= 4 is 21.5 Å². The van der Waals surface area contributed by atoms with Crippen molar-refractivity contribution in [2.45, 2.75) is 58.8 Å². The Balaban J connectivity index is 0.000000380. The van der Waals surface area contributed by atoms with Gasteiger partial charge in [-0.15, -0.1) is 69.1 Å². The third kappa shape index (κ3) is 9.70. The first-order valence-corrected chi connectivity index (χ1v) is 14.6. The molecule has 230 valence electrons. The number of benzene rings is 4. The molecule has 0 heterocycles. The summed E-state index contributed by atoms with van der Waals surface area (Å²) in [6.07, 6.45) is 0.750. The van der Waals surface area contributed by atoms with Crippen LogP contribution in [0.3, 0.4) is 0 Å². The fourth-order valence-corrected chi connectivity index (χ4v) is 5.07. The zero-order chi connectivity index (χ0) is 29.6. The van der Waals surface area contributed by atoms with E-state index < -0.39 is 0 Å². The van der Waals surface area contributed by atoms with E-state index in [1.807, 2.05) is 0 Å². The number of hydrogen-bond acceptors (Lipinski definition) is 0. The first kappa shape index (κ1) is 39.4. The molecule has 0 spiro atoms. The monoisotopic (exact) mass is 654 g/mol. The Morgan fingerprint density at radius 2 is 0.818 bits per heavy atom. The smallest absolute Gasteiger partial charge is 1.00 e. The van der Waals surface area contributed by atoms with Gasteiger partial charge in [-0.05, 0) is 22.0 Å². The fraction of sp³-hybridized carbons (Fsp3) is 0.220. The summed E-state index contributed by atoms with van der Waals surface area (Å²) in [6.45, 7) is 20.4. The molecule has 44 heavy (non-hydrogen) atoms. The first-order chi connectivity index (χ1) is 19.5. The second kappa shape index (κ2) is 17.2. The Morgan fingerprint density at radius 3 is 1.11 bits per heavy atom. The van der Waals surface area contributed by atoms with E-state index in [4.69, 9.17) is 0 Å². The van der Waals surface area contributed by atoms with Crippen LogP contribution in [-0.2, 0) is 32.5 Å². The van der Waals surface area contributed by atoms with Gasteiger partial charge in [-0.25, -0.2) is 0 Å². The van der Waals surface area contributed by atoms with Gasteiger partial charge in [0.25, 0.3) is 0 Å². The van der Waals surface area contributed by atoms with Gasteiger partial charge in [-0.3, -0.25) is 0 Å². The van der Waals surface area contributed by atoms with Crippen LogP contribution in [0.2, 0.25) is 0 Å². The van der Waals surface area contributed by atoms with Crippen LogP contribution in [-0.4, -0.2) is 0 Å². The van der Waals surface area contributed by atoms with Crippen LogP contribution in [0, 0.1) is 13.8 Å². The van der Waals surface area contributed by atoms with Crippen LogP contribution in [0.25, 0.3) is 43.8 Å². The van der Waals surface area contributed by atoms with E-state index in [-0.39, 0.29) is 57.4 Å². The summed E-state index contributed by atoms with van der Waals surface area (Å²) in [5, 5.41) is 5.40. The summed E-state index contributed by atoms with van der Waals surface area (Å²) >= 11 is 0. The molecule has 0 fully saturated rings. The predicted molar refractivity (Wildman–Crippen MR) is 183 cm³/mol. The fourth-order valence-electron chi connectivity index (χ4n) is 5.07. The molecule has 0 atom stereocenters. The Bertz CT molecular complexity index is 1550. The molecule has 3 heteroatoms. The number of halogens is 2. The standard InChI is InChI=1S/2C19H19.C3H6.2ClH.Ti/c2*1-19(2,3)16-12-15-10-7-11-17(18(15)13-16)14-8-5-4-6-9-14;1-3-2;;;/h2*4-13H,1-3H3;1-3H2;2*1H;/q2*-1;-2;;;+2/p-2. The second-order valence-electron chi connectivity index (χ2n) is 12.7. The van der Waals surface area contributed by atoms with E-state index in [0.29, 0.717) is 0 Å². The second-order valence-corrected chi connectivity index (χ2v) is 12.7. The van der Waals surface area contributed by atoms with Crippen molar-refractivity contribution in [3.63, 3.8) is 0 Å². The van der Waals surface area contributed by atoms with Crippen molar-refractivity contribution in [2.75, 3.05) is 0 Å². The van der Waals surface area contributed by atoms with Crippen molar-refractivity contribution < 1.29 is 46.5 Å². The zero-order valence-electron chi connectivity index (χ0n) is 26.9. The Labute approximate surface area is 293 Å². The van der Waals surface area contributed by atoms with Crippen LogP contribution >= 0.6 is 0 Å². The number of hydrogen-bond donors (Lipinski definition) is 0. The predicted octanol–water partition coefficient (Wildman–Crippen LogP) is 6.10. The van der Waals surface area contributed by atoms with Gasteiger partial charge in [0.2, 0.25) is 0 Å². The van der Waals surface area contributed by atoms with Crippen LogP contribution in [0.5, 0.6) is 0 Å². The average Bonchev–Trinajstić information content (AvgIpc) is 3.60. The number of rotatable bonds is 2. The Hall–Kier alpha value is -2.61. The molecule has 0 N–H and O–H groups in total. The molecule has 6 rings (SSSR count). The molecular formula is C41H44Cl2Ti-4. The molecule has 6 aromatic rings. The summed E-state index contributed by atoms with van der Waals surface area (Å²) in [5.74, 6) is 0. The van der Waals surface area contributed by atoms with Gasteiger partial charge in [0.1, 0.15) is 0 Å². The molecule has 0 aromatic heterocycles. The third-order valence-electron chi connectivity index (χ3n) is 7.40. The van der Waals surface area contributed by atoms with Gasteiger partial charge in [0.05, 0.1) is 0 Å². The van der Waals surface area contributed by atoms with Gasteiger partial charge in [0, 0.05) is 0 Å². The van der Waals surface area contributed by atoms with E-state index in [1.54, 1.807) is 0 Å². The first-order valence-electron chi connectivity index (χ1n) is 14.6. The van der Waals surface area contributed by atoms with Crippen molar-refractivity contribution in [3.05, 3.63) is 146 Å². The number of fused-ring (bicyclic) bond motifs is 2. The minimum absolute atomic E-state index is 0. The molecule has 0 saturated carbocycles. The molecule has 0 amide bonds. The molecule has 0 unspecified atom stereocenters. The Morgan fingerprint density at radius 1 is 0.500 bits per heavy atom. The van der Waals surface area contributed by atoms with E-state index >= 15 is 0 Å². The molecule has 0 aliphatic carbocycles. The maximum atomic E-state index is 3.38. The van der Waals surface area contributed by atoms with Crippen molar-refractivity contribution in [1.82, 2.24) is 0 Å². The van der Waals surface area contributed by atoms with E-state index in [9.17, 15) is 0 Å². The molecular weight excluding hydrogens is 611 g/mol. The van der Waals surface area contributed by atoms with E-state index in [2.05, 4.69) is 177 Å². The summed E-state index contributed by atoms with van der Waals surface area (Å²) < 4.78 is 0. The summed E-state index contributed by atoms with van der Waals surface area (Å²) in [6, 6.07) is 43.7. The third-order valence-corrected chi connectivity index (χ3v) is 7.40. The molecule has 0 nitrogen and oxygen atoms in total. The van der Waals surface area contributed by atoms with Gasteiger partial charge in [-0.2, -0.15) is 12.1 Å². The van der Waals surface area contributed by atoms with Gasteiger partial charge >= 0.3 is 21.7 Å². The minimum atomic E-state index is 0. The largest absolute Gasteiger partial charge is 2.00 e. The molecule has 6 aromatic carbocycles. The van der Waals surface area contributed by atoms with E-state index in [0.717, 1.165) is 6.42 Å². The van der Waals surface area contributed by atoms with Gasteiger partial charge in [-0.1, -0.05) is 125 Å². The van der Waals surface area contributed by atoms with Crippen molar-refractivity contribution in [2.24, 2.45) is 0 Å². The van der Waals surface area contributed by atoms with Gasteiger partial charge < -0.3 is 45.1 Å². The average molecular weight is 656 g/mol. The quantitative estimate of drug-likeness (QED) is 0.157. The maximum absolute atomic E-state index is 3.38.